The van der Waals surface area contributed by atoms with Gasteiger partial charge in [-0.2, -0.15) is 5.10 Å². The summed E-state index contributed by atoms with van der Waals surface area (Å²) in [6, 6.07) is 7.79. The lowest BCUT2D eigenvalue weighted by Crippen LogP contribution is -2.02. The van der Waals surface area contributed by atoms with Gasteiger partial charge in [-0.3, -0.25) is 10.2 Å². The summed E-state index contributed by atoms with van der Waals surface area (Å²) in [4.78, 5) is 10.4. The van der Waals surface area contributed by atoms with Gasteiger partial charge >= 0.3 is 5.97 Å². The second-order valence-corrected chi connectivity index (χ2v) is 3.53. The van der Waals surface area contributed by atoms with Crippen molar-refractivity contribution in [3.8, 4) is 0 Å². The highest BCUT2D eigenvalue weighted by atomic mass is 16.4. The second kappa shape index (κ2) is 4.61. The van der Waals surface area contributed by atoms with Crippen LogP contribution in [-0.2, 0) is 4.79 Å². The van der Waals surface area contributed by atoms with Gasteiger partial charge in [0.2, 0.25) is 0 Å². The zero-order valence-electron chi connectivity index (χ0n) is 8.68. The van der Waals surface area contributed by atoms with Crippen molar-refractivity contribution < 1.29 is 9.90 Å². The molecule has 16 heavy (non-hydrogen) atoms. The largest absolute Gasteiger partial charge is 0.481 e. The lowest BCUT2D eigenvalue weighted by atomic mass is 10.1. The number of benzene rings is 1. The van der Waals surface area contributed by atoms with Gasteiger partial charge in [-0.1, -0.05) is 24.3 Å². The van der Waals surface area contributed by atoms with E-state index < -0.39 is 5.97 Å². The van der Waals surface area contributed by atoms with Gasteiger partial charge in [-0.15, -0.1) is 0 Å². The number of carboxylic acid groups (broad SMARTS) is 1. The van der Waals surface area contributed by atoms with Crippen LogP contribution in [-0.4, -0.2) is 16.8 Å². The first kappa shape index (κ1) is 10.4. The normalized spacial score (nSPS) is 13.4. The first-order chi connectivity index (χ1) is 7.75. The minimum atomic E-state index is -0.808. The highest BCUT2D eigenvalue weighted by molar-refractivity contribution is 6.01. The number of para-hydroxylation sites is 1. The fourth-order valence-electron chi connectivity index (χ4n) is 1.47. The summed E-state index contributed by atoms with van der Waals surface area (Å²) in [5, 5.41) is 12.7. The van der Waals surface area contributed by atoms with Gasteiger partial charge in [0.1, 0.15) is 0 Å². The Labute approximate surface area is 93.3 Å². The molecule has 0 atom stereocenters. The van der Waals surface area contributed by atoms with E-state index in [1.54, 1.807) is 0 Å². The van der Waals surface area contributed by atoms with Gasteiger partial charge in [0.15, 0.2) is 0 Å². The van der Waals surface area contributed by atoms with Gasteiger partial charge in [-0.05, 0) is 17.7 Å². The van der Waals surface area contributed by atoms with E-state index in [-0.39, 0.29) is 6.42 Å². The van der Waals surface area contributed by atoms with Crippen molar-refractivity contribution in [1.82, 2.24) is 0 Å². The molecule has 4 nitrogen and oxygen atoms in total. The molecule has 82 valence electrons. The third kappa shape index (κ3) is 2.48. The van der Waals surface area contributed by atoms with Crippen molar-refractivity contribution in [2.45, 2.75) is 12.8 Å². The van der Waals surface area contributed by atoms with Crippen molar-refractivity contribution >= 4 is 23.4 Å². The fourth-order valence-corrected chi connectivity index (χ4v) is 1.47. The van der Waals surface area contributed by atoms with E-state index in [4.69, 9.17) is 5.11 Å². The number of carboxylic acids is 1. The Morgan fingerprint density at radius 2 is 2.12 bits per heavy atom. The van der Waals surface area contributed by atoms with Crippen LogP contribution < -0.4 is 5.43 Å². The molecule has 0 bridgehead atoms. The van der Waals surface area contributed by atoms with Crippen LogP contribution in [0.25, 0.3) is 6.08 Å². The minimum Gasteiger partial charge on any atom is -0.481 e. The van der Waals surface area contributed by atoms with Gasteiger partial charge < -0.3 is 5.11 Å². The number of aliphatic carboxylic acids is 1. The van der Waals surface area contributed by atoms with E-state index in [2.05, 4.69) is 10.5 Å². The first-order valence-electron chi connectivity index (χ1n) is 5.07. The Hall–Kier alpha value is -2.10. The molecule has 0 saturated carbocycles. The summed E-state index contributed by atoms with van der Waals surface area (Å²) in [5.74, 6) is -0.808. The van der Waals surface area contributed by atoms with Crippen molar-refractivity contribution in [2.24, 2.45) is 5.10 Å². The summed E-state index contributed by atoms with van der Waals surface area (Å²) in [5.41, 5.74) is 5.67. The maximum atomic E-state index is 10.4. The molecular weight excluding hydrogens is 204 g/mol. The molecule has 1 aliphatic rings. The predicted octanol–water partition coefficient (Wildman–Crippen LogP) is 2.35. The molecule has 0 fully saturated rings. The molecule has 1 heterocycles. The summed E-state index contributed by atoms with van der Waals surface area (Å²) in [6.07, 6.45) is 4.33. The summed E-state index contributed by atoms with van der Waals surface area (Å²) in [7, 11) is 0. The standard InChI is InChI=1S/C12H12N2O2/c15-12(16)8-7-10-6-5-9-3-1-2-4-11(9)14-13-10/h1-6,14H,7-8H2,(H,15,16). The highest BCUT2D eigenvalue weighted by Gasteiger charge is 2.05. The lowest BCUT2D eigenvalue weighted by Gasteiger charge is -2.02. The number of anilines is 1. The van der Waals surface area contributed by atoms with Crippen LogP contribution in [0.5, 0.6) is 0 Å². The lowest BCUT2D eigenvalue weighted by molar-refractivity contribution is -0.136. The molecule has 0 aromatic heterocycles. The average molecular weight is 216 g/mol. The summed E-state index contributed by atoms with van der Waals surface area (Å²) < 4.78 is 0. The Morgan fingerprint density at radius 1 is 1.31 bits per heavy atom. The van der Waals surface area contributed by atoms with Crippen LogP contribution >= 0.6 is 0 Å². The van der Waals surface area contributed by atoms with E-state index in [9.17, 15) is 4.79 Å². The zero-order valence-corrected chi connectivity index (χ0v) is 8.68. The molecule has 0 spiro atoms. The fraction of sp³-hybridized carbons (Fsp3) is 0.167. The molecule has 0 radical (unpaired) electrons. The number of hydrazone groups is 1. The number of carbonyl (C=O) groups is 1. The van der Waals surface area contributed by atoms with E-state index in [0.29, 0.717) is 6.42 Å². The number of nitrogens with zero attached hydrogens (tertiary/aromatic N) is 1. The number of nitrogens with one attached hydrogen (secondary N) is 1. The number of hydrogen-bond acceptors (Lipinski definition) is 3. The Bertz CT molecular complexity index is 464. The van der Waals surface area contributed by atoms with Gasteiger partial charge in [0.25, 0.3) is 0 Å². The Balaban J connectivity index is 2.12. The topological polar surface area (TPSA) is 61.7 Å². The van der Waals surface area contributed by atoms with E-state index >= 15 is 0 Å². The van der Waals surface area contributed by atoms with Crippen LogP contribution in [0.3, 0.4) is 0 Å². The van der Waals surface area contributed by atoms with Crippen LogP contribution in [0.15, 0.2) is 35.4 Å². The first-order valence-corrected chi connectivity index (χ1v) is 5.07. The number of hydrogen-bond donors (Lipinski definition) is 2. The second-order valence-electron chi connectivity index (χ2n) is 3.53. The quantitative estimate of drug-likeness (QED) is 0.815. The van der Waals surface area contributed by atoms with Gasteiger partial charge in [0.05, 0.1) is 17.8 Å². The molecular formula is C12H12N2O2. The van der Waals surface area contributed by atoms with Crippen molar-refractivity contribution in [3.63, 3.8) is 0 Å². The monoisotopic (exact) mass is 216 g/mol. The minimum absolute atomic E-state index is 0.0984. The van der Waals surface area contributed by atoms with E-state index in [1.165, 1.54) is 0 Å². The van der Waals surface area contributed by atoms with Crippen LogP contribution in [0, 0.1) is 0 Å². The molecule has 0 aliphatic carbocycles. The maximum absolute atomic E-state index is 10.4. The van der Waals surface area contributed by atoms with Crippen LogP contribution in [0.2, 0.25) is 0 Å². The maximum Gasteiger partial charge on any atom is 0.303 e. The number of rotatable bonds is 3. The molecule has 0 saturated heterocycles. The molecule has 1 aliphatic heterocycles. The third-order valence-electron chi connectivity index (χ3n) is 2.33. The highest BCUT2D eigenvalue weighted by Crippen LogP contribution is 2.19. The molecule has 0 unspecified atom stereocenters. The van der Waals surface area contributed by atoms with Crippen molar-refractivity contribution in [1.29, 1.82) is 0 Å². The predicted molar refractivity (Wildman–Crippen MR) is 63.4 cm³/mol. The summed E-state index contributed by atoms with van der Waals surface area (Å²) in [6.45, 7) is 0. The zero-order chi connectivity index (χ0) is 11.4. The summed E-state index contributed by atoms with van der Waals surface area (Å²) >= 11 is 0. The van der Waals surface area contributed by atoms with Crippen molar-refractivity contribution in [3.05, 3.63) is 35.9 Å². The average Bonchev–Trinajstić information content (AvgIpc) is 2.49. The number of allylic oxidation sites excluding steroid dienone is 1. The molecule has 1 aromatic carbocycles. The van der Waals surface area contributed by atoms with Crippen LogP contribution in [0.1, 0.15) is 18.4 Å². The van der Waals surface area contributed by atoms with E-state index in [1.807, 2.05) is 36.4 Å². The molecule has 2 N–H and O–H groups in total. The third-order valence-corrected chi connectivity index (χ3v) is 2.33. The van der Waals surface area contributed by atoms with Gasteiger partial charge in [-0.25, -0.2) is 0 Å². The molecule has 4 heteroatoms. The Kier molecular flexibility index (Phi) is 3.00. The molecule has 1 aromatic rings. The molecule has 0 amide bonds. The van der Waals surface area contributed by atoms with E-state index in [0.717, 1.165) is 17.0 Å². The number of fused-ring (bicyclic) bond motifs is 1. The Morgan fingerprint density at radius 3 is 2.94 bits per heavy atom. The van der Waals surface area contributed by atoms with Crippen molar-refractivity contribution in [2.75, 3.05) is 5.43 Å². The van der Waals surface area contributed by atoms with Crippen LogP contribution in [0.4, 0.5) is 5.69 Å². The smallest absolute Gasteiger partial charge is 0.303 e. The molecule has 2 rings (SSSR count). The SMILES string of the molecule is O=C(O)CCC1=NNc2ccccc2C=C1. The van der Waals surface area contributed by atoms with Gasteiger partial charge in [0, 0.05) is 6.42 Å².